The van der Waals surface area contributed by atoms with Gasteiger partial charge in [-0.25, -0.2) is 0 Å². The maximum Gasteiger partial charge on any atom is 0.0468 e. The fourth-order valence-electron chi connectivity index (χ4n) is 6.01. The number of hydrogen-bond donors (Lipinski definition) is 0. The van der Waals surface area contributed by atoms with Crippen LogP contribution in [0.3, 0.4) is 0 Å². The van der Waals surface area contributed by atoms with Gasteiger partial charge in [0.2, 0.25) is 0 Å². The third kappa shape index (κ3) is 5.35. The van der Waals surface area contributed by atoms with Gasteiger partial charge in [0.15, 0.2) is 0 Å². The van der Waals surface area contributed by atoms with Gasteiger partial charge in [0.1, 0.15) is 0 Å². The number of fused-ring (bicyclic) bond motifs is 1. The number of rotatable bonds is 9. The highest BCUT2D eigenvalue weighted by molar-refractivity contribution is 5.14. The molecule has 1 heteroatoms. The SMILES string of the molecule is CCC1CCC2CC(C)(C)CC2C1CCOCCCCc1ccccc1. The minimum atomic E-state index is 0.578. The van der Waals surface area contributed by atoms with E-state index in [1.165, 1.54) is 63.4 Å². The summed E-state index contributed by atoms with van der Waals surface area (Å²) < 4.78 is 6.07. The Balaban J connectivity index is 1.36. The second-order valence-corrected chi connectivity index (χ2v) is 9.75. The highest BCUT2D eigenvalue weighted by Crippen LogP contribution is 2.56. The van der Waals surface area contributed by atoms with E-state index in [4.69, 9.17) is 4.74 Å². The summed E-state index contributed by atoms with van der Waals surface area (Å²) in [6, 6.07) is 10.8. The van der Waals surface area contributed by atoms with Crippen molar-refractivity contribution in [1.29, 1.82) is 0 Å². The lowest BCUT2D eigenvalue weighted by Gasteiger charge is -2.40. The predicted molar refractivity (Wildman–Crippen MR) is 111 cm³/mol. The normalized spacial score (nSPS) is 30.3. The highest BCUT2D eigenvalue weighted by atomic mass is 16.5. The molecule has 0 amide bonds. The highest BCUT2D eigenvalue weighted by Gasteiger charge is 2.46. The summed E-state index contributed by atoms with van der Waals surface area (Å²) >= 11 is 0. The molecule has 0 heterocycles. The lowest BCUT2D eigenvalue weighted by molar-refractivity contribution is 0.0533. The van der Waals surface area contributed by atoms with Crippen LogP contribution in [0.25, 0.3) is 0 Å². The monoisotopic (exact) mass is 356 g/mol. The van der Waals surface area contributed by atoms with Gasteiger partial charge in [-0.2, -0.15) is 0 Å². The summed E-state index contributed by atoms with van der Waals surface area (Å²) in [5, 5.41) is 0. The molecule has 0 saturated heterocycles. The topological polar surface area (TPSA) is 9.23 Å². The molecule has 2 aliphatic carbocycles. The van der Waals surface area contributed by atoms with Gasteiger partial charge in [0, 0.05) is 13.2 Å². The van der Waals surface area contributed by atoms with Crippen LogP contribution in [-0.2, 0) is 11.2 Å². The molecule has 4 atom stereocenters. The molecular formula is C25H40O. The van der Waals surface area contributed by atoms with Crippen molar-refractivity contribution >= 4 is 0 Å². The first-order chi connectivity index (χ1) is 12.6. The average molecular weight is 357 g/mol. The van der Waals surface area contributed by atoms with Gasteiger partial charge in [-0.1, -0.05) is 57.5 Å². The van der Waals surface area contributed by atoms with Crippen LogP contribution in [0.5, 0.6) is 0 Å². The van der Waals surface area contributed by atoms with Crippen molar-refractivity contribution in [2.24, 2.45) is 29.1 Å². The average Bonchev–Trinajstić information content (AvgIpc) is 2.96. The molecule has 146 valence electrons. The summed E-state index contributed by atoms with van der Waals surface area (Å²) in [5.41, 5.74) is 2.03. The molecule has 0 N–H and O–H groups in total. The Morgan fingerprint density at radius 2 is 1.81 bits per heavy atom. The molecule has 4 unspecified atom stereocenters. The van der Waals surface area contributed by atoms with E-state index in [2.05, 4.69) is 51.1 Å². The van der Waals surface area contributed by atoms with Crippen LogP contribution in [0.4, 0.5) is 0 Å². The summed E-state index contributed by atoms with van der Waals surface area (Å²) in [7, 11) is 0. The molecular weight excluding hydrogens is 316 g/mol. The molecule has 0 aliphatic heterocycles. The molecule has 0 bridgehead atoms. The van der Waals surface area contributed by atoms with E-state index in [0.717, 1.165) is 36.9 Å². The van der Waals surface area contributed by atoms with Crippen molar-refractivity contribution in [3.8, 4) is 0 Å². The Kier molecular flexibility index (Phi) is 7.20. The summed E-state index contributed by atoms with van der Waals surface area (Å²) in [6.07, 6.45) is 12.2. The fraction of sp³-hybridized carbons (Fsp3) is 0.760. The standard InChI is InChI=1S/C25H40O/c1-4-21-13-14-22-18-25(2,3)19-24(22)23(21)15-17-26-16-9-8-12-20-10-6-5-7-11-20/h5-7,10-11,21-24H,4,8-9,12-19H2,1-3H3. The minimum Gasteiger partial charge on any atom is -0.381 e. The zero-order chi connectivity index (χ0) is 18.4. The second-order valence-electron chi connectivity index (χ2n) is 9.75. The van der Waals surface area contributed by atoms with Crippen LogP contribution in [0.15, 0.2) is 30.3 Å². The van der Waals surface area contributed by atoms with Crippen molar-refractivity contribution in [3.63, 3.8) is 0 Å². The Bertz CT molecular complexity index is 520. The van der Waals surface area contributed by atoms with Crippen LogP contribution in [-0.4, -0.2) is 13.2 Å². The number of aryl methyl sites for hydroxylation is 1. The smallest absolute Gasteiger partial charge is 0.0468 e. The number of ether oxygens (including phenoxy) is 1. The molecule has 2 saturated carbocycles. The van der Waals surface area contributed by atoms with E-state index in [1.54, 1.807) is 0 Å². The van der Waals surface area contributed by atoms with Crippen molar-refractivity contribution in [2.75, 3.05) is 13.2 Å². The number of unbranched alkanes of at least 4 members (excludes halogenated alkanes) is 1. The maximum atomic E-state index is 6.07. The first kappa shape index (κ1) is 19.9. The predicted octanol–water partition coefficient (Wildman–Crippen LogP) is 6.90. The van der Waals surface area contributed by atoms with E-state index in [-0.39, 0.29) is 0 Å². The van der Waals surface area contributed by atoms with Gasteiger partial charge >= 0.3 is 0 Å². The van der Waals surface area contributed by atoms with Crippen molar-refractivity contribution in [2.45, 2.75) is 78.6 Å². The molecule has 26 heavy (non-hydrogen) atoms. The van der Waals surface area contributed by atoms with Crippen molar-refractivity contribution in [3.05, 3.63) is 35.9 Å². The third-order valence-electron chi connectivity index (χ3n) is 7.24. The zero-order valence-electron chi connectivity index (χ0n) is 17.4. The van der Waals surface area contributed by atoms with Crippen LogP contribution in [0.1, 0.15) is 77.7 Å². The van der Waals surface area contributed by atoms with Crippen LogP contribution < -0.4 is 0 Å². The van der Waals surface area contributed by atoms with Gasteiger partial charge in [-0.15, -0.1) is 0 Å². The van der Waals surface area contributed by atoms with Crippen molar-refractivity contribution in [1.82, 2.24) is 0 Å². The molecule has 0 radical (unpaired) electrons. The third-order valence-corrected chi connectivity index (χ3v) is 7.24. The molecule has 2 fully saturated rings. The van der Waals surface area contributed by atoms with E-state index >= 15 is 0 Å². The molecule has 2 aliphatic rings. The number of hydrogen-bond acceptors (Lipinski definition) is 1. The molecule has 1 aromatic carbocycles. The van der Waals surface area contributed by atoms with Gasteiger partial charge in [-0.05, 0) is 86.0 Å². The van der Waals surface area contributed by atoms with Gasteiger partial charge in [0.25, 0.3) is 0 Å². The Labute approximate surface area is 161 Å². The van der Waals surface area contributed by atoms with Crippen molar-refractivity contribution < 1.29 is 4.74 Å². The minimum absolute atomic E-state index is 0.578. The Morgan fingerprint density at radius 1 is 1.00 bits per heavy atom. The Hall–Kier alpha value is -0.820. The van der Waals surface area contributed by atoms with Gasteiger partial charge < -0.3 is 4.74 Å². The van der Waals surface area contributed by atoms with Crippen LogP contribution >= 0.6 is 0 Å². The van der Waals surface area contributed by atoms with Gasteiger partial charge in [-0.3, -0.25) is 0 Å². The lowest BCUT2D eigenvalue weighted by atomic mass is 9.66. The summed E-state index contributed by atoms with van der Waals surface area (Å²) in [5.74, 6) is 3.85. The van der Waals surface area contributed by atoms with Gasteiger partial charge in [0.05, 0.1) is 0 Å². The quantitative estimate of drug-likeness (QED) is 0.437. The van der Waals surface area contributed by atoms with Crippen LogP contribution in [0, 0.1) is 29.1 Å². The zero-order valence-corrected chi connectivity index (χ0v) is 17.4. The van der Waals surface area contributed by atoms with E-state index in [1.807, 2.05) is 0 Å². The molecule has 1 aromatic rings. The molecule has 0 aromatic heterocycles. The molecule has 0 spiro atoms. The summed E-state index contributed by atoms with van der Waals surface area (Å²) in [4.78, 5) is 0. The van der Waals surface area contributed by atoms with Crippen LogP contribution in [0.2, 0.25) is 0 Å². The maximum absolute atomic E-state index is 6.07. The summed E-state index contributed by atoms with van der Waals surface area (Å²) in [6.45, 7) is 9.31. The largest absolute Gasteiger partial charge is 0.381 e. The number of benzene rings is 1. The molecule has 1 nitrogen and oxygen atoms in total. The first-order valence-electron chi connectivity index (χ1n) is 11.2. The Morgan fingerprint density at radius 3 is 2.58 bits per heavy atom. The fourth-order valence-corrected chi connectivity index (χ4v) is 6.01. The van der Waals surface area contributed by atoms with E-state index < -0.39 is 0 Å². The first-order valence-corrected chi connectivity index (χ1v) is 11.2. The van der Waals surface area contributed by atoms with E-state index in [0.29, 0.717) is 5.41 Å². The second kappa shape index (κ2) is 9.40. The molecule has 3 rings (SSSR count). The lowest BCUT2D eigenvalue weighted by Crippen LogP contribution is -2.32. The van der Waals surface area contributed by atoms with E-state index in [9.17, 15) is 0 Å².